The molecule has 0 amide bonds. The van der Waals surface area contributed by atoms with Crippen molar-refractivity contribution in [2.75, 3.05) is 0 Å². The SMILES string of the molecule is C=Cc1noc(C=C)c1-c1cc(CCc2ccccc2)c2nc(C)[nH]c2c1. The molecule has 0 aliphatic rings. The highest BCUT2D eigenvalue weighted by atomic mass is 16.5. The number of rotatable bonds is 6. The molecule has 0 bridgehead atoms. The summed E-state index contributed by atoms with van der Waals surface area (Å²) >= 11 is 0. The highest BCUT2D eigenvalue weighted by Gasteiger charge is 2.17. The van der Waals surface area contributed by atoms with Gasteiger partial charge in [0.1, 0.15) is 11.5 Å². The van der Waals surface area contributed by atoms with Gasteiger partial charge in [-0.25, -0.2) is 4.98 Å². The summed E-state index contributed by atoms with van der Waals surface area (Å²) in [6.07, 6.45) is 5.24. The van der Waals surface area contributed by atoms with Crippen LogP contribution >= 0.6 is 0 Å². The van der Waals surface area contributed by atoms with Crippen molar-refractivity contribution in [3.05, 3.63) is 84.0 Å². The van der Waals surface area contributed by atoms with Crippen molar-refractivity contribution in [3.63, 3.8) is 0 Å². The summed E-state index contributed by atoms with van der Waals surface area (Å²) in [4.78, 5) is 8.06. The molecule has 0 saturated carbocycles. The number of nitrogens with zero attached hydrogens (tertiary/aromatic N) is 2. The van der Waals surface area contributed by atoms with Crippen molar-refractivity contribution in [2.45, 2.75) is 19.8 Å². The Balaban J connectivity index is 1.82. The second-order valence-corrected chi connectivity index (χ2v) is 6.55. The van der Waals surface area contributed by atoms with Crippen LogP contribution in [0.25, 0.3) is 34.3 Å². The highest BCUT2D eigenvalue weighted by molar-refractivity contribution is 5.88. The van der Waals surface area contributed by atoms with Gasteiger partial charge in [-0.3, -0.25) is 0 Å². The summed E-state index contributed by atoms with van der Waals surface area (Å²) in [5.41, 5.74) is 7.20. The average Bonchev–Trinajstić information content (AvgIpc) is 3.28. The molecule has 0 fully saturated rings. The number of hydrogen-bond donors (Lipinski definition) is 1. The third-order valence-corrected chi connectivity index (χ3v) is 4.72. The van der Waals surface area contributed by atoms with E-state index < -0.39 is 0 Å². The van der Waals surface area contributed by atoms with Crippen LogP contribution < -0.4 is 0 Å². The summed E-state index contributed by atoms with van der Waals surface area (Å²) in [6, 6.07) is 14.8. The molecule has 2 aromatic heterocycles. The van der Waals surface area contributed by atoms with Crippen LogP contribution in [-0.2, 0) is 12.8 Å². The predicted octanol–water partition coefficient (Wildman–Crippen LogP) is 5.60. The van der Waals surface area contributed by atoms with Crippen LogP contribution in [0.4, 0.5) is 0 Å². The van der Waals surface area contributed by atoms with E-state index in [1.54, 1.807) is 12.2 Å². The minimum absolute atomic E-state index is 0.648. The molecule has 0 radical (unpaired) electrons. The van der Waals surface area contributed by atoms with E-state index >= 15 is 0 Å². The largest absolute Gasteiger partial charge is 0.356 e. The fourth-order valence-electron chi connectivity index (χ4n) is 3.46. The molecule has 0 aliphatic heterocycles. The molecule has 4 rings (SSSR count). The van der Waals surface area contributed by atoms with Gasteiger partial charge >= 0.3 is 0 Å². The third kappa shape index (κ3) is 3.22. The van der Waals surface area contributed by atoms with E-state index in [-0.39, 0.29) is 0 Å². The summed E-state index contributed by atoms with van der Waals surface area (Å²) in [5.74, 6) is 1.55. The molecule has 4 heteroatoms. The van der Waals surface area contributed by atoms with Crippen molar-refractivity contribution in [1.82, 2.24) is 15.1 Å². The molecule has 2 heterocycles. The summed E-state index contributed by atoms with van der Waals surface area (Å²) < 4.78 is 5.41. The minimum atomic E-state index is 0.648. The maximum absolute atomic E-state index is 5.41. The molecule has 4 nitrogen and oxygen atoms in total. The molecule has 0 atom stereocenters. The third-order valence-electron chi connectivity index (χ3n) is 4.72. The van der Waals surface area contributed by atoms with E-state index in [2.05, 4.69) is 59.7 Å². The lowest BCUT2D eigenvalue weighted by atomic mass is 9.96. The number of imidazole rings is 1. The predicted molar refractivity (Wildman–Crippen MR) is 110 cm³/mol. The molecule has 27 heavy (non-hydrogen) atoms. The molecule has 1 N–H and O–H groups in total. The number of aromatic nitrogens is 3. The van der Waals surface area contributed by atoms with Crippen LogP contribution in [0.15, 0.2) is 60.1 Å². The van der Waals surface area contributed by atoms with Crippen LogP contribution in [0, 0.1) is 6.92 Å². The van der Waals surface area contributed by atoms with Gasteiger partial charge < -0.3 is 9.51 Å². The van der Waals surface area contributed by atoms with Gasteiger partial charge in [-0.1, -0.05) is 48.6 Å². The van der Waals surface area contributed by atoms with E-state index in [9.17, 15) is 0 Å². The van der Waals surface area contributed by atoms with E-state index in [1.807, 2.05) is 13.0 Å². The van der Waals surface area contributed by atoms with Crippen molar-refractivity contribution in [3.8, 4) is 11.1 Å². The lowest BCUT2D eigenvalue weighted by Crippen LogP contribution is -1.94. The molecule has 0 unspecified atom stereocenters. The maximum atomic E-state index is 5.41. The molecule has 4 aromatic rings. The molecule has 2 aromatic carbocycles. The Labute approximate surface area is 158 Å². The first kappa shape index (κ1) is 17.0. The zero-order valence-electron chi connectivity index (χ0n) is 15.3. The first-order valence-electron chi connectivity index (χ1n) is 8.97. The van der Waals surface area contributed by atoms with Crippen molar-refractivity contribution >= 4 is 23.2 Å². The normalized spacial score (nSPS) is 11.0. The summed E-state index contributed by atoms with van der Waals surface area (Å²) in [5, 5.41) is 4.10. The van der Waals surface area contributed by atoms with E-state index in [0.717, 1.165) is 46.5 Å². The zero-order valence-corrected chi connectivity index (χ0v) is 15.3. The van der Waals surface area contributed by atoms with Crippen LogP contribution in [0.2, 0.25) is 0 Å². The molecular formula is C23H21N3O. The van der Waals surface area contributed by atoms with Crippen molar-refractivity contribution in [2.24, 2.45) is 0 Å². The number of aryl methyl sites for hydroxylation is 3. The van der Waals surface area contributed by atoms with Gasteiger partial charge in [0.2, 0.25) is 0 Å². The second-order valence-electron chi connectivity index (χ2n) is 6.55. The highest BCUT2D eigenvalue weighted by Crippen LogP contribution is 2.33. The molecule has 0 spiro atoms. The Morgan fingerprint density at radius 1 is 1.07 bits per heavy atom. The number of fused-ring (bicyclic) bond motifs is 1. The Kier molecular flexibility index (Phi) is 4.47. The Bertz CT molecular complexity index is 1090. The number of benzene rings is 2. The van der Waals surface area contributed by atoms with Gasteiger partial charge in [-0.15, -0.1) is 0 Å². The van der Waals surface area contributed by atoms with Gasteiger partial charge in [0.05, 0.1) is 16.6 Å². The fraction of sp³-hybridized carbons (Fsp3) is 0.130. The van der Waals surface area contributed by atoms with E-state index in [1.165, 1.54) is 11.1 Å². The second kappa shape index (κ2) is 7.08. The lowest BCUT2D eigenvalue weighted by Gasteiger charge is -2.08. The quantitative estimate of drug-likeness (QED) is 0.490. The molecule has 0 saturated heterocycles. The monoisotopic (exact) mass is 355 g/mol. The number of nitrogens with one attached hydrogen (secondary N) is 1. The van der Waals surface area contributed by atoms with E-state index in [0.29, 0.717) is 5.76 Å². The van der Waals surface area contributed by atoms with Gasteiger partial charge in [0.25, 0.3) is 0 Å². The standard InChI is InChI=1S/C23H21N3O/c1-4-19-22(21(5-2)27-26-19)18-13-17(12-11-16-9-7-6-8-10-16)23-20(14-18)24-15(3)25-23/h4-10,13-14H,1-2,11-12H2,3H3,(H,24,25). The molecule has 0 aliphatic carbocycles. The van der Waals surface area contributed by atoms with Crippen molar-refractivity contribution < 1.29 is 4.52 Å². The first-order chi connectivity index (χ1) is 13.2. The summed E-state index contributed by atoms with van der Waals surface area (Å²) in [7, 11) is 0. The number of H-pyrrole nitrogens is 1. The summed E-state index contributed by atoms with van der Waals surface area (Å²) in [6.45, 7) is 9.67. The maximum Gasteiger partial charge on any atom is 0.167 e. The minimum Gasteiger partial charge on any atom is -0.356 e. The van der Waals surface area contributed by atoms with Gasteiger partial charge in [0.15, 0.2) is 5.76 Å². The fourth-order valence-corrected chi connectivity index (χ4v) is 3.46. The van der Waals surface area contributed by atoms with Gasteiger partial charge in [-0.2, -0.15) is 0 Å². The Hall–Kier alpha value is -3.40. The number of hydrogen-bond acceptors (Lipinski definition) is 3. The molecular weight excluding hydrogens is 334 g/mol. The van der Waals surface area contributed by atoms with Crippen molar-refractivity contribution in [1.29, 1.82) is 0 Å². The van der Waals surface area contributed by atoms with Crippen LogP contribution in [0.1, 0.15) is 28.4 Å². The van der Waals surface area contributed by atoms with Gasteiger partial charge in [0, 0.05) is 0 Å². The van der Waals surface area contributed by atoms with Crippen LogP contribution in [0.3, 0.4) is 0 Å². The number of aromatic amines is 1. The van der Waals surface area contributed by atoms with Crippen LogP contribution in [0.5, 0.6) is 0 Å². The average molecular weight is 355 g/mol. The topological polar surface area (TPSA) is 54.7 Å². The van der Waals surface area contributed by atoms with E-state index in [4.69, 9.17) is 9.51 Å². The first-order valence-corrected chi connectivity index (χ1v) is 8.97. The lowest BCUT2D eigenvalue weighted by molar-refractivity contribution is 0.412. The Morgan fingerprint density at radius 3 is 2.63 bits per heavy atom. The smallest absolute Gasteiger partial charge is 0.167 e. The van der Waals surface area contributed by atoms with Gasteiger partial charge in [-0.05, 0) is 60.7 Å². The molecule has 134 valence electrons. The zero-order chi connectivity index (χ0) is 18.8. The Morgan fingerprint density at radius 2 is 1.89 bits per heavy atom. The van der Waals surface area contributed by atoms with Crippen LogP contribution in [-0.4, -0.2) is 15.1 Å².